The summed E-state index contributed by atoms with van der Waals surface area (Å²) in [5.41, 5.74) is 1.22. The summed E-state index contributed by atoms with van der Waals surface area (Å²) in [6.07, 6.45) is 5.86. The normalized spacial score (nSPS) is 32.5. The predicted molar refractivity (Wildman–Crippen MR) is 81.4 cm³/mol. The molecule has 5 atom stereocenters. The molecule has 2 aliphatic rings. The largest absolute Gasteiger partial charge is 0.307 e. The lowest BCUT2D eigenvalue weighted by Crippen LogP contribution is -2.37. The van der Waals surface area contributed by atoms with E-state index in [9.17, 15) is 0 Å². The lowest BCUT2D eigenvalue weighted by Gasteiger charge is -2.31. The smallest absolute Gasteiger partial charge is 0.0453 e. The summed E-state index contributed by atoms with van der Waals surface area (Å²) in [4.78, 5) is 0. The van der Waals surface area contributed by atoms with Crippen LogP contribution in [0.1, 0.15) is 51.1 Å². The average molecular weight is 278 g/mol. The molecular weight excluding hydrogens is 254 g/mol. The van der Waals surface area contributed by atoms with Crippen LogP contribution < -0.4 is 5.32 Å². The molecule has 104 valence electrons. The van der Waals surface area contributed by atoms with E-state index in [1.165, 1.54) is 31.2 Å². The molecule has 1 aromatic carbocycles. The Balaban J connectivity index is 1.63. The van der Waals surface area contributed by atoms with Crippen LogP contribution in [0.2, 0.25) is 5.02 Å². The van der Waals surface area contributed by atoms with Gasteiger partial charge in [-0.3, -0.25) is 0 Å². The molecule has 0 radical (unpaired) electrons. The van der Waals surface area contributed by atoms with Crippen molar-refractivity contribution in [2.75, 3.05) is 0 Å². The first-order chi connectivity index (χ1) is 9.15. The number of benzene rings is 1. The molecular formula is C17H24ClN. The second-order valence-corrected chi connectivity index (χ2v) is 6.94. The topological polar surface area (TPSA) is 12.0 Å². The number of hydrogen-bond acceptors (Lipinski definition) is 1. The van der Waals surface area contributed by atoms with Crippen molar-refractivity contribution in [2.24, 2.45) is 17.8 Å². The van der Waals surface area contributed by atoms with Crippen LogP contribution in [0.15, 0.2) is 24.3 Å². The van der Waals surface area contributed by atoms with Crippen LogP contribution in [0.25, 0.3) is 0 Å². The molecule has 1 nitrogen and oxygen atoms in total. The molecule has 0 aromatic heterocycles. The Kier molecular flexibility index (Phi) is 3.86. The van der Waals surface area contributed by atoms with Gasteiger partial charge in [0.25, 0.3) is 0 Å². The lowest BCUT2D eigenvalue weighted by molar-refractivity contribution is 0.248. The maximum absolute atomic E-state index is 6.29. The number of rotatable bonds is 4. The minimum atomic E-state index is 0.336. The van der Waals surface area contributed by atoms with Crippen molar-refractivity contribution in [3.8, 4) is 0 Å². The first kappa shape index (κ1) is 13.5. The van der Waals surface area contributed by atoms with E-state index in [1.807, 2.05) is 12.1 Å². The zero-order valence-electron chi connectivity index (χ0n) is 11.9. The highest BCUT2D eigenvalue weighted by Gasteiger charge is 2.41. The Hall–Kier alpha value is -0.530. The second-order valence-electron chi connectivity index (χ2n) is 6.54. The van der Waals surface area contributed by atoms with E-state index in [0.29, 0.717) is 12.1 Å². The minimum Gasteiger partial charge on any atom is -0.307 e. The van der Waals surface area contributed by atoms with Crippen molar-refractivity contribution >= 4 is 11.6 Å². The fourth-order valence-corrected chi connectivity index (χ4v) is 4.64. The van der Waals surface area contributed by atoms with Crippen LogP contribution in [0.4, 0.5) is 0 Å². The molecule has 1 aromatic rings. The van der Waals surface area contributed by atoms with Gasteiger partial charge in [-0.1, -0.05) is 36.2 Å². The highest BCUT2D eigenvalue weighted by molar-refractivity contribution is 6.31. The van der Waals surface area contributed by atoms with Crippen LogP contribution in [0.5, 0.6) is 0 Å². The van der Waals surface area contributed by atoms with Crippen LogP contribution >= 0.6 is 11.6 Å². The van der Waals surface area contributed by atoms with Gasteiger partial charge < -0.3 is 5.32 Å². The van der Waals surface area contributed by atoms with Crippen molar-refractivity contribution in [3.63, 3.8) is 0 Å². The zero-order valence-corrected chi connectivity index (χ0v) is 12.7. The second kappa shape index (κ2) is 5.46. The summed E-state index contributed by atoms with van der Waals surface area (Å²) < 4.78 is 0. The van der Waals surface area contributed by atoms with E-state index in [2.05, 4.69) is 31.3 Å². The van der Waals surface area contributed by atoms with Gasteiger partial charge in [0.15, 0.2) is 0 Å². The number of hydrogen-bond donors (Lipinski definition) is 1. The summed E-state index contributed by atoms with van der Waals surface area (Å²) in [6.45, 7) is 4.59. The fraction of sp³-hybridized carbons (Fsp3) is 0.647. The number of nitrogens with one attached hydrogen (secondary N) is 1. The van der Waals surface area contributed by atoms with Crippen molar-refractivity contribution < 1.29 is 0 Å². The van der Waals surface area contributed by atoms with Crippen molar-refractivity contribution in [2.45, 2.75) is 51.6 Å². The van der Waals surface area contributed by atoms with E-state index in [1.54, 1.807) is 0 Å². The predicted octanol–water partition coefficient (Wildman–Crippen LogP) is 4.82. The summed E-state index contributed by atoms with van der Waals surface area (Å²) >= 11 is 6.29. The van der Waals surface area contributed by atoms with Gasteiger partial charge in [-0.2, -0.15) is 0 Å². The third-order valence-corrected chi connectivity index (χ3v) is 5.66. The Labute approximate surface area is 121 Å². The third-order valence-electron chi connectivity index (χ3n) is 5.32. The van der Waals surface area contributed by atoms with Gasteiger partial charge in [0.1, 0.15) is 0 Å². The van der Waals surface area contributed by atoms with E-state index >= 15 is 0 Å². The first-order valence-corrected chi connectivity index (χ1v) is 8.03. The van der Waals surface area contributed by atoms with E-state index in [0.717, 1.165) is 22.8 Å². The molecule has 2 heteroatoms. The Morgan fingerprint density at radius 3 is 2.58 bits per heavy atom. The Morgan fingerprint density at radius 1 is 1.16 bits per heavy atom. The summed E-state index contributed by atoms with van der Waals surface area (Å²) in [5.74, 6) is 2.88. The van der Waals surface area contributed by atoms with E-state index in [4.69, 9.17) is 11.6 Å². The van der Waals surface area contributed by atoms with Gasteiger partial charge in [0.2, 0.25) is 0 Å². The molecule has 0 aliphatic heterocycles. The minimum absolute atomic E-state index is 0.336. The molecule has 2 saturated carbocycles. The zero-order chi connectivity index (χ0) is 13.4. The Morgan fingerprint density at radius 2 is 1.95 bits per heavy atom. The maximum Gasteiger partial charge on any atom is 0.0453 e. The summed E-state index contributed by atoms with van der Waals surface area (Å²) in [7, 11) is 0. The number of fused-ring (bicyclic) bond motifs is 2. The first-order valence-electron chi connectivity index (χ1n) is 7.65. The van der Waals surface area contributed by atoms with Crippen LogP contribution in [-0.2, 0) is 0 Å². The van der Waals surface area contributed by atoms with Gasteiger partial charge in [0.05, 0.1) is 0 Å². The van der Waals surface area contributed by atoms with Gasteiger partial charge in [-0.15, -0.1) is 0 Å². The maximum atomic E-state index is 6.29. The molecule has 2 fully saturated rings. The quantitative estimate of drug-likeness (QED) is 0.832. The highest BCUT2D eigenvalue weighted by atomic mass is 35.5. The molecule has 2 aliphatic carbocycles. The van der Waals surface area contributed by atoms with E-state index < -0.39 is 0 Å². The monoisotopic (exact) mass is 277 g/mol. The molecule has 19 heavy (non-hydrogen) atoms. The SMILES string of the molecule is C[C@H](N[C@H](C)[C@@H]1C[C@@H]2CC[C@@H]1C2)c1ccccc1Cl. The lowest BCUT2D eigenvalue weighted by atomic mass is 9.83. The molecule has 1 N–H and O–H groups in total. The van der Waals surface area contributed by atoms with Gasteiger partial charge >= 0.3 is 0 Å². The van der Waals surface area contributed by atoms with Gasteiger partial charge in [-0.05, 0) is 62.5 Å². The van der Waals surface area contributed by atoms with E-state index in [-0.39, 0.29) is 0 Å². The fourth-order valence-electron chi connectivity index (χ4n) is 4.34. The summed E-state index contributed by atoms with van der Waals surface area (Å²) in [5, 5.41) is 4.66. The standard InChI is InChI=1S/C17H24ClN/c1-11(15-5-3-4-6-17(15)18)19-12(2)16-10-13-7-8-14(16)9-13/h3-6,11-14,16,19H,7-10H2,1-2H3/t11-,12+,13+,14+,16-/m0/s1. The molecule has 2 bridgehead atoms. The van der Waals surface area contributed by atoms with Crippen LogP contribution in [0, 0.1) is 17.8 Å². The van der Waals surface area contributed by atoms with Crippen LogP contribution in [-0.4, -0.2) is 6.04 Å². The summed E-state index contributed by atoms with van der Waals surface area (Å²) in [6, 6.07) is 9.12. The number of halogens is 1. The average Bonchev–Trinajstić information content (AvgIpc) is 3.01. The molecule has 0 heterocycles. The Bertz CT molecular complexity index is 445. The van der Waals surface area contributed by atoms with Crippen LogP contribution in [0.3, 0.4) is 0 Å². The van der Waals surface area contributed by atoms with Gasteiger partial charge in [-0.25, -0.2) is 0 Å². The van der Waals surface area contributed by atoms with Crippen molar-refractivity contribution in [1.82, 2.24) is 5.32 Å². The highest BCUT2D eigenvalue weighted by Crippen LogP contribution is 2.49. The molecule has 0 unspecified atom stereocenters. The van der Waals surface area contributed by atoms with Crippen molar-refractivity contribution in [1.29, 1.82) is 0 Å². The molecule has 3 rings (SSSR count). The van der Waals surface area contributed by atoms with Crippen molar-refractivity contribution in [3.05, 3.63) is 34.9 Å². The molecule has 0 saturated heterocycles. The molecule has 0 spiro atoms. The van der Waals surface area contributed by atoms with Gasteiger partial charge in [0, 0.05) is 17.1 Å². The molecule has 0 amide bonds. The third kappa shape index (κ3) is 2.68.